The molecular weight excluding hydrogens is 130 g/mol. The van der Waals surface area contributed by atoms with Crippen LogP contribution in [0.4, 0.5) is 0 Å². The van der Waals surface area contributed by atoms with Crippen molar-refractivity contribution in [1.29, 1.82) is 0 Å². The summed E-state index contributed by atoms with van der Waals surface area (Å²) in [4.78, 5) is 12.3. The summed E-state index contributed by atoms with van der Waals surface area (Å²) in [5.41, 5.74) is 0. The summed E-state index contributed by atoms with van der Waals surface area (Å²) in [5, 5.41) is 8.57. The Morgan fingerprint density at radius 3 is 2.00 bits per heavy atom. The van der Waals surface area contributed by atoms with E-state index in [0.29, 0.717) is 0 Å². The van der Waals surface area contributed by atoms with Crippen LogP contribution in [-0.4, -0.2) is 35.1 Å². The quantitative estimate of drug-likeness (QED) is 0.636. The highest BCUT2D eigenvalue weighted by Gasteiger charge is 2.16. The van der Waals surface area contributed by atoms with E-state index in [9.17, 15) is 4.79 Å². The minimum atomic E-state index is -0.747. The molecule has 10 heavy (non-hydrogen) atoms. The molecule has 0 radical (unpaired) electrons. The van der Waals surface area contributed by atoms with Gasteiger partial charge in [-0.15, -0.1) is 0 Å². The SMILES string of the molecule is CCN(CC)C(C)C(=O)O. The van der Waals surface area contributed by atoms with Gasteiger partial charge >= 0.3 is 5.97 Å². The van der Waals surface area contributed by atoms with E-state index < -0.39 is 5.97 Å². The molecule has 1 atom stereocenters. The van der Waals surface area contributed by atoms with Crippen LogP contribution in [0.15, 0.2) is 0 Å². The third-order valence-corrected chi connectivity index (χ3v) is 1.72. The molecular formula is C7H15NO2. The number of likely N-dealkylation sites (N-methyl/N-ethyl adjacent to an activating group) is 1. The van der Waals surface area contributed by atoms with Crippen LogP contribution >= 0.6 is 0 Å². The lowest BCUT2D eigenvalue weighted by Gasteiger charge is -2.22. The van der Waals surface area contributed by atoms with E-state index in [1.54, 1.807) is 6.92 Å². The fraction of sp³-hybridized carbons (Fsp3) is 0.857. The van der Waals surface area contributed by atoms with Crippen LogP contribution in [0.1, 0.15) is 20.8 Å². The molecule has 0 aromatic heterocycles. The third kappa shape index (κ3) is 2.35. The summed E-state index contributed by atoms with van der Waals surface area (Å²) in [6, 6.07) is -0.352. The minimum absolute atomic E-state index is 0.352. The number of hydrogen-bond donors (Lipinski definition) is 1. The van der Waals surface area contributed by atoms with Gasteiger partial charge in [0.15, 0.2) is 0 Å². The summed E-state index contributed by atoms with van der Waals surface area (Å²) >= 11 is 0. The van der Waals surface area contributed by atoms with Crippen molar-refractivity contribution in [2.75, 3.05) is 13.1 Å². The maximum absolute atomic E-state index is 10.4. The van der Waals surface area contributed by atoms with E-state index >= 15 is 0 Å². The number of carboxylic acid groups (broad SMARTS) is 1. The normalized spacial score (nSPS) is 13.6. The van der Waals surface area contributed by atoms with Crippen LogP contribution in [0.3, 0.4) is 0 Å². The van der Waals surface area contributed by atoms with Crippen molar-refractivity contribution < 1.29 is 9.90 Å². The lowest BCUT2D eigenvalue weighted by Crippen LogP contribution is -2.38. The topological polar surface area (TPSA) is 40.5 Å². The second-order valence-corrected chi connectivity index (χ2v) is 2.24. The molecule has 1 N–H and O–H groups in total. The number of aliphatic carboxylic acids is 1. The monoisotopic (exact) mass is 145 g/mol. The Morgan fingerprint density at radius 1 is 1.50 bits per heavy atom. The predicted octanol–water partition coefficient (Wildman–Crippen LogP) is 0.801. The van der Waals surface area contributed by atoms with Gasteiger partial charge in [0.05, 0.1) is 0 Å². The first-order valence-electron chi connectivity index (χ1n) is 3.60. The lowest BCUT2D eigenvalue weighted by atomic mass is 10.3. The van der Waals surface area contributed by atoms with E-state index in [0.717, 1.165) is 13.1 Å². The zero-order chi connectivity index (χ0) is 8.15. The Morgan fingerprint density at radius 2 is 1.90 bits per heavy atom. The Labute approximate surface area is 61.6 Å². The van der Waals surface area contributed by atoms with Gasteiger partial charge in [-0.1, -0.05) is 13.8 Å². The second-order valence-electron chi connectivity index (χ2n) is 2.24. The zero-order valence-corrected chi connectivity index (χ0v) is 6.79. The maximum Gasteiger partial charge on any atom is 0.320 e. The van der Waals surface area contributed by atoms with Gasteiger partial charge in [0.1, 0.15) is 6.04 Å². The molecule has 0 saturated carbocycles. The summed E-state index contributed by atoms with van der Waals surface area (Å²) in [5.74, 6) is -0.747. The molecule has 0 heterocycles. The smallest absolute Gasteiger partial charge is 0.320 e. The van der Waals surface area contributed by atoms with Gasteiger partial charge in [0.25, 0.3) is 0 Å². The molecule has 0 saturated heterocycles. The molecule has 0 aliphatic heterocycles. The third-order valence-electron chi connectivity index (χ3n) is 1.72. The number of nitrogens with zero attached hydrogens (tertiary/aromatic N) is 1. The molecule has 0 bridgehead atoms. The van der Waals surface area contributed by atoms with E-state index in [-0.39, 0.29) is 6.04 Å². The summed E-state index contributed by atoms with van der Waals surface area (Å²) < 4.78 is 0. The number of carbonyl (C=O) groups is 1. The van der Waals surface area contributed by atoms with Gasteiger partial charge in [-0.3, -0.25) is 9.69 Å². The largest absolute Gasteiger partial charge is 0.480 e. The Hall–Kier alpha value is -0.570. The molecule has 3 nitrogen and oxygen atoms in total. The molecule has 0 aliphatic carbocycles. The number of carboxylic acids is 1. The van der Waals surface area contributed by atoms with Crippen molar-refractivity contribution in [1.82, 2.24) is 4.90 Å². The molecule has 0 rings (SSSR count). The number of hydrogen-bond acceptors (Lipinski definition) is 2. The van der Waals surface area contributed by atoms with Crippen LogP contribution in [0, 0.1) is 0 Å². The second kappa shape index (κ2) is 4.28. The van der Waals surface area contributed by atoms with Gasteiger partial charge in [-0.25, -0.2) is 0 Å². The standard InChI is InChI=1S/C7H15NO2/c1-4-8(5-2)6(3)7(9)10/h6H,4-5H2,1-3H3,(H,9,10). The average molecular weight is 145 g/mol. The van der Waals surface area contributed by atoms with Crippen molar-refractivity contribution in [3.63, 3.8) is 0 Å². The van der Waals surface area contributed by atoms with Crippen LogP contribution in [0.5, 0.6) is 0 Å². The first-order valence-corrected chi connectivity index (χ1v) is 3.60. The van der Waals surface area contributed by atoms with Gasteiger partial charge in [-0.2, -0.15) is 0 Å². The predicted molar refractivity (Wildman–Crippen MR) is 40.0 cm³/mol. The van der Waals surface area contributed by atoms with Gasteiger partial charge in [0.2, 0.25) is 0 Å². The first-order chi connectivity index (χ1) is 4.63. The number of rotatable bonds is 4. The van der Waals surface area contributed by atoms with E-state index in [2.05, 4.69) is 0 Å². The van der Waals surface area contributed by atoms with E-state index in [4.69, 9.17) is 5.11 Å². The maximum atomic E-state index is 10.4. The fourth-order valence-electron chi connectivity index (χ4n) is 0.928. The molecule has 3 heteroatoms. The van der Waals surface area contributed by atoms with Gasteiger partial charge < -0.3 is 5.11 Å². The highest BCUT2D eigenvalue weighted by atomic mass is 16.4. The van der Waals surface area contributed by atoms with Crippen molar-refractivity contribution >= 4 is 5.97 Å². The molecule has 0 amide bonds. The highest BCUT2D eigenvalue weighted by Crippen LogP contribution is 1.96. The molecule has 1 unspecified atom stereocenters. The summed E-state index contributed by atoms with van der Waals surface area (Å²) in [7, 11) is 0. The fourth-order valence-corrected chi connectivity index (χ4v) is 0.928. The highest BCUT2D eigenvalue weighted by molar-refractivity contribution is 5.72. The first kappa shape index (κ1) is 9.43. The van der Waals surface area contributed by atoms with E-state index in [1.807, 2.05) is 18.7 Å². The molecule has 0 spiro atoms. The Bertz CT molecular complexity index is 110. The molecule has 0 aromatic rings. The average Bonchev–Trinajstić information content (AvgIpc) is 1.90. The minimum Gasteiger partial charge on any atom is -0.480 e. The van der Waals surface area contributed by atoms with Crippen molar-refractivity contribution in [3.05, 3.63) is 0 Å². The lowest BCUT2D eigenvalue weighted by molar-refractivity contribution is -0.142. The summed E-state index contributed by atoms with van der Waals surface area (Å²) in [6.07, 6.45) is 0. The molecule has 60 valence electrons. The molecule has 0 fully saturated rings. The van der Waals surface area contributed by atoms with Crippen LogP contribution in [0.2, 0.25) is 0 Å². The van der Waals surface area contributed by atoms with Crippen LogP contribution in [0.25, 0.3) is 0 Å². The molecule has 0 aromatic carbocycles. The zero-order valence-electron chi connectivity index (χ0n) is 6.79. The van der Waals surface area contributed by atoms with Gasteiger partial charge in [0, 0.05) is 0 Å². The van der Waals surface area contributed by atoms with Crippen LogP contribution < -0.4 is 0 Å². The summed E-state index contributed by atoms with van der Waals surface area (Å²) in [6.45, 7) is 7.22. The van der Waals surface area contributed by atoms with Crippen molar-refractivity contribution in [3.8, 4) is 0 Å². The van der Waals surface area contributed by atoms with Crippen molar-refractivity contribution in [2.45, 2.75) is 26.8 Å². The Balaban J connectivity index is 3.88. The van der Waals surface area contributed by atoms with Crippen molar-refractivity contribution in [2.24, 2.45) is 0 Å². The Kier molecular flexibility index (Phi) is 4.03. The molecule has 0 aliphatic rings. The van der Waals surface area contributed by atoms with Crippen LogP contribution in [-0.2, 0) is 4.79 Å². The van der Waals surface area contributed by atoms with E-state index in [1.165, 1.54) is 0 Å². The van der Waals surface area contributed by atoms with Gasteiger partial charge in [-0.05, 0) is 20.0 Å².